The second-order valence-corrected chi connectivity index (χ2v) is 7.33. The molecule has 3 aromatic rings. The SMILES string of the molecule is CCCNC(=O)c1c(NC(=O)c2cccs2)ccn1Cc1cccc(C)c1. The van der Waals surface area contributed by atoms with Gasteiger partial charge in [0.2, 0.25) is 0 Å². The van der Waals surface area contributed by atoms with E-state index in [1.807, 2.05) is 54.3 Å². The van der Waals surface area contributed by atoms with Gasteiger partial charge in [0, 0.05) is 19.3 Å². The molecule has 0 spiro atoms. The lowest BCUT2D eigenvalue weighted by Gasteiger charge is -2.12. The normalized spacial score (nSPS) is 10.6. The maximum absolute atomic E-state index is 12.8. The lowest BCUT2D eigenvalue weighted by molar-refractivity contribution is 0.0946. The first kappa shape index (κ1) is 18.9. The van der Waals surface area contributed by atoms with Crippen LogP contribution in [0.4, 0.5) is 5.69 Å². The van der Waals surface area contributed by atoms with Crippen molar-refractivity contribution in [1.29, 1.82) is 0 Å². The van der Waals surface area contributed by atoms with Gasteiger partial charge in [-0.25, -0.2) is 0 Å². The van der Waals surface area contributed by atoms with Gasteiger partial charge in [-0.2, -0.15) is 0 Å². The van der Waals surface area contributed by atoms with Crippen LogP contribution in [0.3, 0.4) is 0 Å². The van der Waals surface area contributed by atoms with Crippen LogP contribution in [0.25, 0.3) is 0 Å². The monoisotopic (exact) mass is 381 g/mol. The van der Waals surface area contributed by atoms with Gasteiger partial charge >= 0.3 is 0 Å². The third-order valence-electron chi connectivity index (χ3n) is 4.14. The molecule has 140 valence electrons. The highest BCUT2D eigenvalue weighted by atomic mass is 32.1. The van der Waals surface area contributed by atoms with E-state index in [0.717, 1.165) is 12.0 Å². The lowest BCUT2D eigenvalue weighted by Crippen LogP contribution is -2.28. The highest BCUT2D eigenvalue weighted by Crippen LogP contribution is 2.21. The van der Waals surface area contributed by atoms with Gasteiger partial charge < -0.3 is 15.2 Å². The molecule has 0 fully saturated rings. The van der Waals surface area contributed by atoms with Crippen LogP contribution in [0.15, 0.2) is 54.0 Å². The minimum Gasteiger partial charge on any atom is -0.351 e. The minimum atomic E-state index is -0.206. The molecule has 2 aromatic heterocycles. The van der Waals surface area contributed by atoms with Crippen molar-refractivity contribution < 1.29 is 9.59 Å². The molecule has 0 aliphatic rings. The van der Waals surface area contributed by atoms with Crippen LogP contribution < -0.4 is 10.6 Å². The minimum absolute atomic E-state index is 0.184. The van der Waals surface area contributed by atoms with Crippen molar-refractivity contribution in [1.82, 2.24) is 9.88 Å². The van der Waals surface area contributed by atoms with Crippen LogP contribution in [0.1, 0.15) is 44.6 Å². The number of thiophene rings is 1. The summed E-state index contributed by atoms with van der Waals surface area (Å²) in [5.41, 5.74) is 3.26. The highest BCUT2D eigenvalue weighted by molar-refractivity contribution is 7.12. The van der Waals surface area contributed by atoms with E-state index in [9.17, 15) is 9.59 Å². The van der Waals surface area contributed by atoms with Gasteiger partial charge in [-0.15, -0.1) is 11.3 Å². The molecule has 27 heavy (non-hydrogen) atoms. The maximum Gasteiger partial charge on any atom is 0.270 e. The quantitative estimate of drug-likeness (QED) is 0.641. The Morgan fingerprint density at radius 3 is 2.67 bits per heavy atom. The smallest absolute Gasteiger partial charge is 0.270 e. The van der Waals surface area contributed by atoms with Gasteiger partial charge in [0.05, 0.1) is 10.6 Å². The Bertz CT molecular complexity index is 929. The van der Waals surface area contributed by atoms with Gasteiger partial charge in [-0.1, -0.05) is 42.8 Å². The number of aromatic nitrogens is 1. The molecule has 0 saturated carbocycles. The fourth-order valence-electron chi connectivity index (χ4n) is 2.88. The molecule has 0 aliphatic carbocycles. The molecule has 2 amide bonds. The summed E-state index contributed by atoms with van der Waals surface area (Å²) in [5, 5.41) is 7.64. The van der Waals surface area contributed by atoms with Crippen molar-refractivity contribution in [3.8, 4) is 0 Å². The van der Waals surface area contributed by atoms with E-state index in [1.54, 1.807) is 12.1 Å². The first-order valence-corrected chi connectivity index (χ1v) is 9.84. The molecule has 0 radical (unpaired) electrons. The molecule has 3 rings (SSSR count). The number of hydrogen-bond acceptors (Lipinski definition) is 3. The molecule has 1 aromatic carbocycles. The van der Waals surface area contributed by atoms with E-state index in [-0.39, 0.29) is 11.8 Å². The second kappa shape index (κ2) is 8.68. The Kier molecular flexibility index (Phi) is 6.08. The number of amides is 2. The molecule has 0 atom stereocenters. The summed E-state index contributed by atoms with van der Waals surface area (Å²) in [6.07, 6.45) is 2.69. The van der Waals surface area contributed by atoms with Crippen molar-refractivity contribution >= 4 is 28.8 Å². The Labute approximate surface area is 163 Å². The first-order chi connectivity index (χ1) is 13.1. The third kappa shape index (κ3) is 4.65. The Morgan fingerprint density at radius 2 is 1.96 bits per heavy atom. The fourth-order valence-corrected chi connectivity index (χ4v) is 3.50. The molecule has 0 saturated heterocycles. The zero-order valence-electron chi connectivity index (χ0n) is 15.5. The van der Waals surface area contributed by atoms with Gasteiger partial charge in [-0.3, -0.25) is 9.59 Å². The molecule has 0 bridgehead atoms. The number of anilines is 1. The van der Waals surface area contributed by atoms with Crippen molar-refractivity contribution in [3.63, 3.8) is 0 Å². The molecular weight excluding hydrogens is 358 g/mol. The molecule has 2 N–H and O–H groups in total. The average Bonchev–Trinajstić information content (AvgIpc) is 3.30. The lowest BCUT2D eigenvalue weighted by atomic mass is 10.1. The van der Waals surface area contributed by atoms with E-state index >= 15 is 0 Å². The highest BCUT2D eigenvalue weighted by Gasteiger charge is 2.19. The molecule has 0 unspecified atom stereocenters. The third-order valence-corrected chi connectivity index (χ3v) is 5.01. The summed E-state index contributed by atoms with van der Waals surface area (Å²) in [6, 6.07) is 13.5. The van der Waals surface area contributed by atoms with Crippen LogP contribution in [0.5, 0.6) is 0 Å². The predicted octanol–water partition coefficient (Wildman–Crippen LogP) is 4.30. The largest absolute Gasteiger partial charge is 0.351 e. The number of carbonyl (C=O) groups is 2. The standard InChI is InChI=1S/C21H23N3O2S/c1-3-10-22-21(26)19-17(23-20(25)18-8-5-12-27-18)9-11-24(19)14-16-7-4-6-15(2)13-16/h4-9,11-13H,3,10,14H2,1-2H3,(H,22,26)(H,23,25). The van der Waals surface area contributed by atoms with Crippen molar-refractivity contribution in [2.75, 3.05) is 11.9 Å². The van der Waals surface area contributed by atoms with Crippen LogP contribution >= 0.6 is 11.3 Å². The van der Waals surface area contributed by atoms with Crippen molar-refractivity contribution in [3.05, 3.63) is 75.7 Å². The van der Waals surface area contributed by atoms with Crippen LogP contribution in [-0.4, -0.2) is 22.9 Å². The number of hydrogen-bond donors (Lipinski definition) is 2. The summed E-state index contributed by atoms with van der Waals surface area (Å²) >= 11 is 1.37. The molecule has 0 aliphatic heterocycles. The Balaban J connectivity index is 1.89. The summed E-state index contributed by atoms with van der Waals surface area (Å²) in [5.74, 6) is -0.390. The number of carbonyl (C=O) groups excluding carboxylic acids is 2. The molecular formula is C21H23N3O2S. The first-order valence-electron chi connectivity index (χ1n) is 8.96. The van der Waals surface area contributed by atoms with Gasteiger partial charge in [0.15, 0.2) is 0 Å². The van der Waals surface area contributed by atoms with E-state index < -0.39 is 0 Å². The summed E-state index contributed by atoms with van der Waals surface area (Å²) < 4.78 is 1.88. The zero-order valence-corrected chi connectivity index (χ0v) is 16.3. The zero-order chi connectivity index (χ0) is 19.2. The number of rotatable bonds is 7. The number of aryl methyl sites for hydroxylation is 1. The van der Waals surface area contributed by atoms with Crippen molar-refractivity contribution in [2.45, 2.75) is 26.8 Å². The number of nitrogens with one attached hydrogen (secondary N) is 2. The van der Waals surface area contributed by atoms with E-state index in [2.05, 4.69) is 16.7 Å². The Morgan fingerprint density at radius 1 is 1.11 bits per heavy atom. The van der Waals surface area contributed by atoms with E-state index in [0.29, 0.717) is 29.3 Å². The summed E-state index contributed by atoms with van der Waals surface area (Å²) in [4.78, 5) is 25.8. The number of benzene rings is 1. The average molecular weight is 382 g/mol. The van der Waals surface area contributed by atoms with Crippen molar-refractivity contribution in [2.24, 2.45) is 0 Å². The second-order valence-electron chi connectivity index (χ2n) is 6.38. The van der Waals surface area contributed by atoms with E-state index in [4.69, 9.17) is 0 Å². The van der Waals surface area contributed by atoms with Gasteiger partial charge in [0.25, 0.3) is 11.8 Å². The fraction of sp³-hybridized carbons (Fsp3) is 0.238. The topological polar surface area (TPSA) is 63.1 Å². The summed E-state index contributed by atoms with van der Waals surface area (Å²) in [7, 11) is 0. The predicted molar refractivity (Wildman–Crippen MR) is 110 cm³/mol. The Hall–Kier alpha value is -2.86. The molecule has 6 heteroatoms. The summed E-state index contributed by atoms with van der Waals surface area (Å²) in [6.45, 7) is 5.20. The molecule has 5 nitrogen and oxygen atoms in total. The van der Waals surface area contributed by atoms with Gasteiger partial charge in [0.1, 0.15) is 5.69 Å². The van der Waals surface area contributed by atoms with E-state index in [1.165, 1.54) is 16.9 Å². The van der Waals surface area contributed by atoms with Crippen LogP contribution in [0.2, 0.25) is 0 Å². The van der Waals surface area contributed by atoms with Crippen LogP contribution in [-0.2, 0) is 6.54 Å². The molecule has 2 heterocycles. The number of nitrogens with zero attached hydrogens (tertiary/aromatic N) is 1. The van der Waals surface area contributed by atoms with Crippen LogP contribution in [0, 0.1) is 6.92 Å². The van der Waals surface area contributed by atoms with Gasteiger partial charge in [-0.05, 0) is 36.4 Å². The maximum atomic E-state index is 12.8.